The van der Waals surface area contributed by atoms with Crippen LogP contribution in [0.2, 0.25) is 0 Å². The van der Waals surface area contributed by atoms with Gasteiger partial charge in [0.1, 0.15) is 11.8 Å². The number of nitrogens with zero attached hydrogens (tertiary/aromatic N) is 5. The fourth-order valence-electron chi connectivity index (χ4n) is 4.86. The smallest absolute Gasteiger partial charge is 0.239 e. The Morgan fingerprint density at radius 3 is 2.77 bits per heavy atom. The van der Waals surface area contributed by atoms with Gasteiger partial charge >= 0.3 is 0 Å². The van der Waals surface area contributed by atoms with Crippen LogP contribution in [0.5, 0.6) is 0 Å². The molecule has 5 N–H and O–H groups in total. The number of amides is 1. The average molecular weight is 418 g/mol. The number of nitrogens with two attached hydrogens (primary N) is 2. The highest BCUT2D eigenvalue weighted by atomic mass is 16.5. The lowest BCUT2D eigenvalue weighted by molar-refractivity contribution is -0.197. The molecule has 10 heteroatoms. The molecule has 1 amide bonds. The highest BCUT2D eigenvalue weighted by molar-refractivity contribution is 5.82. The first-order valence-electron chi connectivity index (χ1n) is 10.6. The van der Waals surface area contributed by atoms with Gasteiger partial charge in [-0.15, -0.1) is 0 Å². The zero-order valence-electron chi connectivity index (χ0n) is 17.6. The summed E-state index contributed by atoms with van der Waals surface area (Å²) in [6, 6.07) is -0.784. The number of aromatic nitrogens is 4. The van der Waals surface area contributed by atoms with Gasteiger partial charge in [-0.3, -0.25) is 4.79 Å². The molecule has 2 aromatic rings. The normalized spacial score (nSPS) is 27.5. The molecule has 0 bridgehead atoms. The number of anilines is 1. The van der Waals surface area contributed by atoms with E-state index in [1.807, 2.05) is 23.3 Å². The molecule has 2 aliphatic heterocycles. The first kappa shape index (κ1) is 21.0. The molecular formula is C20H31N7O3. The Morgan fingerprint density at radius 2 is 2.10 bits per heavy atom. The molecule has 164 valence electrons. The number of likely N-dealkylation sites (tertiary alicyclic amines) is 1. The first-order valence-corrected chi connectivity index (χ1v) is 10.6. The number of hydrogen-bond donors (Lipinski definition) is 3. The molecule has 0 aliphatic carbocycles. The van der Waals surface area contributed by atoms with Crippen molar-refractivity contribution in [2.75, 3.05) is 25.4 Å². The van der Waals surface area contributed by atoms with E-state index in [-0.39, 0.29) is 11.9 Å². The Balaban J connectivity index is 1.47. The molecule has 2 saturated heterocycles. The predicted molar refractivity (Wildman–Crippen MR) is 111 cm³/mol. The number of carbonyl (C=O) groups is 1. The van der Waals surface area contributed by atoms with Crippen LogP contribution in [0.4, 0.5) is 5.82 Å². The molecule has 2 fully saturated rings. The van der Waals surface area contributed by atoms with Crippen LogP contribution in [0.25, 0.3) is 11.2 Å². The molecule has 0 unspecified atom stereocenters. The summed E-state index contributed by atoms with van der Waals surface area (Å²) < 4.78 is 8.16. The van der Waals surface area contributed by atoms with Crippen LogP contribution >= 0.6 is 0 Å². The van der Waals surface area contributed by atoms with Crippen molar-refractivity contribution in [1.29, 1.82) is 0 Å². The van der Waals surface area contributed by atoms with Crippen molar-refractivity contribution in [1.82, 2.24) is 24.4 Å². The number of carbonyl (C=O) groups excluding carboxylic acids is 1. The van der Waals surface area contributed by atoms with Gasteiger partial charge in [0.05, 0.1) is 36.2 Å². The van der Waals surface area contributed by atoms with E-state index in [1.165, 1.54) is 6.33 Å². The zero-order valence-corrected chi connectivity index (χ0v) is 17.6. The van der Waals surface area contributed by atoms with Gasteiger partial charge in [0, 0.05) is 19.5 Å². The molecule has 30 heavy (non-hydrogen) atoms. The Kier molecular flexibility index (Phi) is 5.41. The molecule has 1 spiro atoms. The minimum absolute atomic E-state index is 0.00861. The van der Waals surface area contributed by atoms with Gasteiger partial charge in [0.25, 0.3) is 0 Å². The molecule has 2 aliphatic rings. The van der Waals surface area contributed by atoms with E-state index in [4.69, 9.17) is 16.2 Å². The van der Waals surface area contributed by atoms with Gasteiger partial charge in [-0.25, -0.2) is 15.0 Å². The quantitative estimate of drug-likeness (QED) is 0.656. The van der Waals surface area contributed by atoms with Crippen molar-refractivity contribution >= 4 is 22.9 Å². The highest BCUT2D eigenvalue weighted by Crippen LogP contribution is 2.44. The lowest BCUT2D eigenvalue weighted by Crippen LogP contribution is -2.59. The number of imidazole rings is 1. The topological polar surface area (TPSA) is 145 Å². The van der Waals surface area contributed by atoms with Gasteiger partial charge in [-0.1, -0.05) is 13.3 Å². The van der Waals surface area contributed by atoms with E-state index < -0.39 is 17.2 Å². The van der Waals surface area contributed by atoms with E-state index in [9.17, 15) is 9.90 Å². The number of aliphatic hydroxyl groups is 1. The molecule has 0 radical (unpaired) electrons. The lowest BCUT2D eigenvalue weighted by Gasteiger charge is -2.51. The fraction of sp³-hybridized carbons (Fsp3) is 0.700. The average Bonchev–Trinajstić information content (AvgIpc) is 3.13. The summed E-state index contributed by atoms with van der Waals surface area (Å²) in [7, 11) is 0. The minimum Gasteiger partial charge on any atom is -0.388 e. The molecule has 0 saturated carbocycles. The largest absolute Gasteiger partial charge is 0.388 e. The number of nitrogen functional groups attached to an aromatic ring is 1. The summed E-state index contributed by atoms with van der Waals surface area (Å²) in [6.45, 7) is 5.36. The predicted octanol–water partition coefficient (Wildman–Crippen LogP) is 0.610. The summed E-state index contributed by atoms with van der Waals surface area (Å²) >= 11 is 0. The van der Waals surface area contributed by atoms with E-state index in [0.717, 1.165) is 6.42 Å². The maximum absolute atomic E-state index is 12.5. The van der Waals surface area contributed by atoms with E-state index in [2.05, 4.69) is 15.0 Å². The van der Waals surface area contributed by atoms with Crippen molar-refractivity contribution in [2.24, 2.45) is 5.73 Å². The second kappa shape index (κ2) is 7.75. The van der Waals surface area contributed by atoms with E-state index >= 15 is 0 Å². The van der Waals surface area contributed by atoms with Gasteiger partial charge in [0.15, 0.2) is 11.5 Å². The van der Waals surface area contributed by atoms with Crippen LogP contribution in [0.15, 0.2) is 12.7 Å². The van der Waals surface area contributed by atoms with Gasteiger partial charge < -0.3 is 30.8 Å². The van der Waals surface area contributed by atoms with Crippen LogP contribution < -0.4 is 11.5 Å². The van der Waals surface area contributed by atoms with Gasteiger partial charge in [-0.2, -0.15) is 0 Å². The molecule has 4 rings (SSSR count). The molecule has 10 nitrogen and oxygen atoms in total. The Labute approximate surface area is 175 Å². The Hall–Kier alpha value is -2.30. The molecule has 2 aromatic heterocycles. The SMILES string of the molecule is CCC[C@H](N)C(=O)N1CCC2(CC1)C[C@@](C)(O)[C@H](n1cnc3c(N)ncnc31)CO2. The third-order valence-electron chi connectivity index (χ3n) is 6.57. The van der Waals surface area contributed by atoms with Crippen molar-refractivity contribution in [2.45, 2.75) is 69.2 Å². The Morgan fingerprint density at radius 1 is 1.37 bits per heavy atom. The van der Waals surface area contributed by atoms with E-state index in [1.54, 1.807) is 6.33 Å². The van der Waals surface area contributed by atoms with Crippen molar-refractivity contribution in [3.8, 4) is 0 Å². The number of hydrogen-bond acceptors (Lipinski definition) is 8. The maximum atomic E-state index is 12.5. The van der Waals surface area contributed by atoms with Crippen LogP contribution in [0.1, 0.15) is 52.0 Å². The standard InChI is InChI=1S/C20H31N7O3/c1-3-4-13(21)18(28)26-7-5-20(6-8-26)10-19(2,29)14(9-30-20)27-12-25-15-16(22)23-11-24-17(15)27/h11-14,29H,3-10,21H2,1-2H3,(H2,22,23,24)/t13-,14+,19+/m0/s1. The molecular weight excluding hydrogens is 386 g/mol. The summed E-state index contributed by atoms with van der Waals surface area (Å²) in [6.07, 6.45) is 6.44. The third kappa shape index (κ3) is 3.63. The van der Waals surface area contributed by atoms with Crippen LogP contribution in [0, 0.1) is 0 Å². The second-order valence-corrected chi connectivity index (χ2v) is 8.85. The maximum Gasteiger partial charge on any atom is 0.239 e. The number of piperidine rings is 1. The van der Waals surface area contributed by atoms with Crippen molar-refractivity contribution in [3.05, 3.63) is 12.7 Å². The first-order chi connectivity index (χ1) is 14.3. The summed E-state index contributed by atoms with van der Waals surface area (Å²) in [5, 5.41) is 11.4. The third-order valence-corrected chi connectivity index (χ3v) is 6.57. The van der Waals surface area contributed by atoms with E-state index in [0.29, 0.717) is 62.4 Å². The monoisotopic (exact) mass is 417 g/mol. The summed E-state index contributed by atoms with van der Waals surface area (Å²) in [5.41, 5.74) is 11.5. The number of fused-ring (bicyclic) bond motifs is 1. The van der Waals surface area contributed by atoms with Gasteiger partial charge in [0.2, 0.25) is 5.91 Å². The second-order valence-electron chi connectivity index (χ2n) is 8.85. The molecule has 3 atom stereocenters. The fourth-order valence-corrected chi connectivity index (χ4v) is 4.86. The highest BCUT2D eigenvalue weighted by Gasteiger charge is 2.50. The summed E-state index contributed by atoms with van der Waals surface area (Å²) in [4.78, 5) is 26.9. The molecule has 4 heterocycles. The Bertz CT molecular complexity index is 920. The number of ether oxygens (including phenoxy) is 1. The molecule has 0 aromatic carbocycles. The lowest BCUT2D eigenvalue weighted by atomic mass is 9.75. The summed E-state index contributed by atoms with van der Waals surface area (Å²) in [5.74, 6) is 0.319. The van der Waals surface area contributed by atoms with Crippen LogP contribution in [-0.2, 0) is 9.53 Å². The van der Waals surface area contributed by atoms with Gasteiger partial charge in [-0.05, 0) is 26.2 Å². The minimum atomic E-state index is -1.03. The van der Waals surface area contributed by atoms with Crippen LogP contribution in [-0.4, -0.2) is 72.4 Å². The zero-order chi connectivity index (χ0) is 21.5. The van der Waals surface area contributed by atoms with Crippen molar-refractivity contribution in [3.63, 3.8) is 0 Å². The van der Waals surface area contributed by atoms with Crippen LogP contribution in [0.3, 0.4) is 0 Å². The number of rotatable bonds is 4. The van der Waals surface area contributed by atoms with Crippen molar-refractivity contribution < 1.29 is 14.6 Å².